The van der Waals surface area contributed by atoms with Gasteiger partial charge in [-0.15, -0.1) is 0 Å². The molecule has 0 heterocycles. The standard InChI is InChI=1S/C17H25BrO2/c1-12(11-19)10-14-6-8-15(9-7-14)20-17-5-3-4-16(18)13(17)2/h3-5,12,14-15,19H,6-11H2,1-2H3/t12-,14?,15?/m0/s1. The van der Waals surface area contributed by atoms with E-state index in [0.29, 0.717) is 18.6 Å². The number of benzene rings is 1. The molecule has 1 aliphatic rings. The molecule has 1 fully saturated rings. The van der Waals surface area contributed by atoms with E-state index < -0.39 is 0 Å². The van der Waals surface area contributed by atoms with Crippen molar-refractivity contribution in [3.63, 3.8) is 0 Å². The Morgan fingerprint density at radius 1 is 1.30 bits per heavy atom. The number of halogens is 1. The van der Waals surface area contributed by atoms with Crippen molar-refractivity contribution in [3.05, 3.63) is 28.2 Å². The summed E-state index contributed by atoms with van der Waals surface area (Å²) in [4.78, 5) is 0. The third kappa shape index (κ3) is 4.23. The highest BCUT2D eigenvalue weighted by Crippen LogP contribution is 2.33. The molecular weight excluding hydrogens is 316 g/mol. The monoisotopic (exact) mass is 340 g/mol. The fourth-order valence-corrected chi connectivity index (χ4v) is 3.37. The second kappa shape index (κ2) is 7.46. The Morgan fingerprint density at radius 3 is 2.65 bits per heavy atom. The molecule has 20 heavy (non-hydrogen) atoms. The quantitative estimate of drug-likeness (QED) is 0.840. The summed E-state index contributed by atoms with van der Waals surface area (Å²) in [5.41, 5.74) is 1.18. The van der Waals surface area contributed by atoms with E-state index in [0.717, 1.165) is 35.4 Å². The SMILES string of the molecule is Cc1c(Br)cccc1OC1CCC(C[C@H](C)CO)CC1. The number of hydrogen-bond acceptors (Lipinski definition) is 2. The van der Waals surface area contributed by atoms with Crippen LogP contribution in [0.1, 0.15) is 44.6 Å². The van der Waals surface area contributed by atoms with Gasteiger partial charge >= 0.3 is 0 Å². The van der Waals surface area contributed by atoms with Crippen LogP contribution in [-0.4, -0.2) is 17.8 Å². The van der Waals surface area contributed by atoms with E-state index in [1.807, 2.05) is 6.07 Å². The van der Waals surface area contributed by atoms with E-state index in [9.17, 15) is 0 Å². The van der Waals surface area contributed by atoms with Crippen LogP contribution in [0.15, 0.2) is 22.7 Å². The van der Waals surface area contributed by atoms with Gasteiger partial charge in [-0.3, -0.25) is 0 Å². The van der Waals surface area contributed by atoms with Crippen LogP contribution >= 0.6 is 15.9 Å². The topological polar surface area (TPSA) is 29.5 Å². The molecule has 1 aromatic carbocycles. The van der Waals surface area contributed by atoms with E-state index in [-0.39, 0.29) is 0 Å². The maximum atomic E-state index is 9.14. The van der Waals surface area contributed by atoms with Gasteiger partial charge < -0.3 is 9.84 Å². The molecular formula is C17H25BrO2. The van der Waals surface area contributed by atoms with Gasteiger partial charge in [0, 0.05) is 16.6 Å². The Kier molecular flexibility index (Phi) is 5.91. The van der Waals surface area contributed by atoms with E-state index in [1.165, 1.54) is 18.4 Å². The number of aliphatic hydroxyl groups excluding tert-OH is 1. The highest BCUT2D eigenvalue weighted by molar-refractivity contribution is 9.10. The molecule has 1 atom stereocenters. The minimum atomic E-state index is 0.313. The van der Waals surface area contributed by atoms with Gasteiger partial charge in [0.05, 0.1) is 6.10 Å². The molecule has 2 nitrogen and oxygen atoms in total. The summed E-state index contributed by atoms with van der Waals surface area (Å²) in [6.45, 7) is 4.54. The molecule has 0 amide bonds. The van der Waals surface area contributed by atoms with Gasteiger partial charge in [0.15, 0.2) is 0 Å². The average Bonchev–Trinajstić information content (AvgIpc) is 2.46. The van der Waals surface area contributed by atoms with Crippen molar-refractivity contribution in [1.82, 2.24) is 0 Å². The van der Waals surface area contributed by atoms with E-state index >= 15 is 0 Å². The summed E-state index contributed by atoms with van der Waals surface area (Å²) in [7, 11) is 0. The van der Waals surface area contributed by atoms with Crippen LogP contribution in [0.25, 0.3) is 0 Å². The molecule has 0 bridgehead atoms. The zero-order valence-corrected chi connectivity index (χ0v) is 14.0. The van der Waals surface area contributed by atoms with Crippen LogP contribution in [-0.2, 0) is 0 Å². The van der Waals surface area contributed by atoms with Crippen LogP contribution in [0.4, 0.5) is 0 Å². The van der Waals surface area contributed by atoms with Crippen molar-refractivity contribution < 1.29 is 9.84 Å². The third-order valence-electron chi connectivity index (χ3n) is 4.35. The molecule has 0 aromatic heterocycles. The van der Waals surface area contributed by atoms with Crippen molar-refractivity contribution in [2.75, 3.05) is 6.61 Å². The Labute approximate surface area is 130 Å². The van der Waals surface area contributed by atoms with E-state index in [4.69, 9.17) is 9.84 Å². The highest BCUT2D eigenvalue weighted by Gasteiger charge is 2.24. The van der Waals surface area contributed by atoms with Gasteiger partial charge in [0.1, 0.15) is 5.75 Å². The smallest absolute Gasteiger partial charge is 0.123 e. The summed E-state index contributed by atoms with van der Waals surface area (Å²) in [5, 5.41) is 9.14. The fourth-order valence-electron chi connectivity index (χ4n) is 3.02. The zero-order valence-electron chi connectivity index (χ0n) is 12.4. The van der Waals surface area contributed by atoms with Gasteiger partial charge in [-0.2, -0.15) is 0 Å². The summed E-state index contributed by atoms with van der Waals surface area (Å²) >= 11 is 3.55. The maximum absolute atomic E-state index is 9.14. The summed E-state index contributed by atoms with van der Waals surface area (Å²) in [6, 6.07) is 6.14. The first-order chi connectivity index (χ1) is 9.60. The van der Waals surface area contributed by atoms with Gasteiger partial charge in [-0.25, -0.2) is 0 Å². The lowest BCUT2D eigenvalue weighted by Crippen LogP contribution is -2.25. The summed E-state index contributed by atoms with van der Waals surface area (Å²) in [5.74, 6) is 2.21. The van der Waals surface area contributed by atoms with Gasteiger partial charge in [-0.05, 0) is 63.0 Å². The van der Waals surface area contributed by atoms with Crippen LogP contribution < -0.4 is 4.74 Å². The van der Waals surface area contributed by atoms with Crippen LogP contribution in [0.3, 0.4) is 0 Å². The van der Waals surface area contributed by atoms with Crippen LogP contribution in [0.2, 0.25) is 0 Å². The van der Waals surface area contributed by atoms with Gasteiger partial charge in [0.25, 0.3) is 0 Å². The first-order valence-electron chi connectivity index (χ1n) is 7.62. The second-order valence-electron chi connectivity index (χ2n) is 6.15. The molecule has 1 aromatic rings. The molecule has 1 N–H and O–H groups in total. The first kappa shape index (κ1) is 15.8. The van der Waals surface area contributed by atoms with Crippen LogP contribution in [0.5, 0.6) is 5.75 Å². The largest absolute Gasteiger partial charge is 0.490 e. The minimum Gasteiger partial charge on any atom is -0.490 e. The number of hydrogen-bond donors (Lipinski definition) is 1. The molecule has 0 spiro atoms. The molecule has 0 unspecified atom stereocenters. The van der Waals surface area contributed by atoms with Crippen molar-refractivity contribution in [2.24, 2.45) is 11.8 Å². The Hall–Kier alpha value is -0.540. The highest BCUT2D eigenvalue weighted by atomic mass is 79.9. The van der Waals surface area contributed by atoms with E-state index in [2.05, 4.69) is 41.9 Å². The Balaban J connectivity index is 1.84. The zero-order chi connectivity index (χ0) is 14.5. The average molecular weight is 341 g/mol. The summed E-state index contributed by atoms with van der Waals surface area (Å²) < 4.78 is 7.28. The van der Waals surface area contributed by atoms with Crippen molar-refractivity contribution >= 4 is 15.9 Å². The molecule has 1 saturated carbocycles. The Bertz CT molecular complexity index is 425. The maximum Gasteiger partial charge on any atom is 0.123 e. The fraction of sp³-hybridized carbons (Fsp3) is 0.647. The lowest BCUT2D eigenvalue weighted by Gasteiger charge is -2.30. The summed E-state index contributed by atoms with van der Waals surface area (Å²) in [6.07, 6.45) is 6.22. The predicted octanol–water partition coefficient (Wildman–Crippen LogP) is 4.71. The number of rotatable bonds is 5. The van der Waals surface area contributed by atoms with Gasteiger partial charge in [-0.1, -0.05) is 28.9 Å². The van der Waals surface area contributed by atoms with Gasteiger partial charge in [0.2, 0.25) is 0 Å². The molecule has 112 valence electrons. The molecule has 2 rings (SSSR count). The minimum absolute atomic E-state index is 0.313. The number of ether oxygens (including phenoxy) is 1. The first-order valence-corrected chi connectivity index (χ1v) is 8.42. The van der Waals surface area contributed by atoms with E-state index in [1.54, 1.807) is 0 Å². The molecule has 1 aliphatic carbocycles. The van der Waals surface area contributed by atoms with Crippen molar-refractivity contribution in [1.29, 1.82) is 0 Å². The predicted molar refractivity (Wildman–Crippen MR) is 86.1 cm³/mol. The Morgan fingerprint density at radius 2 is 2.00 bits per heavy atom. The van der Waals surface area contributed by atoms with Crippen molar-refractivity contribution in [2.45, 2.75) is 52.1 Å². The normalized spacial score (nSPS) is 24.4. The molecule has 0 saturated heterocycles. The molecule has 0 radical (unpaired) electrons. The lowest BCUT2D eigenvalue weighted by atomic mass is 9.82. The lowest BCUT2D eigenvalue weighted by molar-refractivity contribution is 0.115. The number of aliphatic hydroxyl groups is 1. The second-order valence-corrected chi connectivity index (χ2v) is 7.00. The van der Waals surface area contributed by atoms with Crippen LogP contribution in [0, 0.1) is 18.8 Å². The molecule has 3 heteroatoms. The van der Waals surface area contributed by atoms with Crippen molar-refractivity contribution in [3.8, 4) is 5.75 Å². The third-order valence-corrected chi connectivity index (χ3v) is 5.21. The molecule has 0 aliphatic heterocycles.